The van der Waals surface area contributed by atoms with Crippen LogP contribution in [0.15, 0.2) is 47.7 Å². The maximum atomic E-state index is 9.12. The van der Waals surface area contributed by atoms with Gasteiger partial charge in [0, 0.05) is 30.8 Å². The lowest BCUT2D eigenvalue weighted by Gasteiger charge is -2.11. The Morgan fingerprint density at radius 1 is 1.42 bits per heavy atom. The lowest BCUT2D eigenvalue weighted by atomic mass is 10.2. The third-order valence-electron chi connectivity index (χ3n) is 3.93. The average molecular weight is 320 g/mol. The topological polar surface area (TPSA) is 78.0 Å². The van der Waals surface area contributed by atoms with Gasteiger partial charge in [0.2, 0.25) is 0 Å². The summed E-state index contributed by atoms with van der Waals surface area (Å²) in [6, 6.07) is 4.14. The Kier molecular flexibility index (Phi) is 4.62. The molecule has 0 aliphatic heterocycles. The fourth-order valence-electron chi connectivity index (χ4n) is 2.61. The molecule has 0 bridgehead atoms. The summed E-state index contributed by atoms with van der Waals surface area (Å²) in [6.45, 7) is 2.70. The number of anilines is 2. The molecule has 24 heavy (non-hydrogen) atoms. The summed E-state index contributed by atoms with van der Waals surface area (Å²) in [5.41, 5.74) is 3.72. The van der Waals surface area contributed by atoms with Crippen molar-refractivity contribution in [2.24, 2.45) is 0 Å². The van der Waals surface area contributed by atoms with Crippen LogP contribution in [0.2, 0.25) is 0 Å². The molecule has 3 rings (SSSR count). The van der Waals surface area contributed by atoms with Crippen molar-refractivity contribution < 1.29 is 0 Å². The third kappa shape index (κ3) is 3.15. The molecule has 2 N–H and O–H groups in total. The van der Waals surface area contributed by atoms with Gasteiger partial charge in [-0.3, -0.25) is 0 Å². The molecule has 0 aromatic carbocycles. The summed E-state index contributed by atoms with van der Waals surface area (Å²) in [5, 5.41) is 20.1. The van der Waals surface area contributed by atoms with Gasteiger partial charge in [-0.15, -0.1) is 0 Å². The van der Waals surface area contributed by atoms with E-state index in [0.717, 1.165) is 41.3 Å². The van der Waals surface area contributed by atoms with E-state index in [4.69, 9.17) is 5.26 Å². The average Bonchev–Trinajstić information content (AvgIpc) is 2.89. The van der Waals surface area contributed by atoms with Gasteiger partial charge in [-0.05, 0) is 24.5 Å². The minimum absolute atomic E-state index is 0.610. The lowest BCUT2D eigenvalue weighted by Crippen LogP contribution is -2.10. The van der Waals surface area contributed by atoms with Crippen molar-refractivity contribution in [3.05, 3.63) is 53.3 Å². The minimum atomic E-state index is 0.610. The van der Waals surface area contributed by atoms with Crippen molar-refractivity contribution in [3.63, 3.8) is 0 Å². The number of nitrogens with one attached hydrogen (secondary N) is 2. The van der Waals surface area contributed by atoms with Gasteiger partial charge in [0.1, 0.15) is 11.6 Å². The first-order valence-electron chi connectivity index (χ1n) is 8.01. The van der Waals surface area contributed by atoms with Gasteiger partial charge in [0.25, 0.3) is 0 Å². The number of hydrogen-bond donors (Lipinski definition) is 2. The smallest absolute Gasteiger partial charge is 0.162 e. The highest BCUT2D eigenvalue weighted by Gasteiger charge is 2.10. The quantitative estimate of drug-likeness (QED) is 0.885. The second-order valence-electron chi connectivity index (χ2n) is 5.52. The van der Waals surface area contributed by atoms with E-state index in [2.05, 4.69) is 39.8 Å². The SMILES string of the molecule is CCc1cnn2c(NCC3=CC(C#N)=CCC=C3)cc(NC)nc12. The minimum Gasteiger partial charge on any atom is -0.373 e. The van der Waals surface area contributed by atoms with Crippen LogP contribution in [-0.4, -0.2) is 28.2 Å². The Labute approximate surface area is 141 Å². The van der Waals surface area contributed by atoms with Crippen LogP contribution in [0.5, 0.6) is 0 Å². The predicted octanol–water partition coefficient (Wildman–Crippen LogP) is 3.08. The lowest BCUT2D eigenvalue weighted by molar-refractivity contribution is 0.936. The van der Waals surface area contributed by atoms with Crippen LogP contribution in [0.25, 0.3) is 5.65 Å². The number of fused-ring (bicyclic) bond motifs is 1. The zero-order valence-corrected chi connectivity index (χ0v) is 13.9. The van der Waals surface area contributed by atoms with E-state index < -0.39 is 0 Å². The Bertz CT molecular complexity index is 879. The summed E-state index contributed by atoms with van der Waals surface area (Å²) in [6.07, 6.45) is 11.5. The highest BCUT2D eigenvalue weighted by molar-refractivity contribution is 5.60. The molecule has 0 amide bonds. The molecular weight excluding hydrogens is 300 g/mol. The maximum absolute atomic E-state index is 9.12. The normalized spacial score (nSPS) is 13.9. The van der Waals surface area contributed by atoms with Gasteiger partial charge in [-0.1, -0.05) is 25.2 Å². The molecule has 0 radical (unpaired) electrons. The van der Waals surface area contributed by atoms with Gasteiger partial charge in [-0.25, -0.2) is 4.98 Å². The summed E-state index contributed by atoms with van der Waals surface area (Å²) in [7, 11) is 1.85. The number of rotatable bonds is 5. The zero-order chi connectivity index (χ0) is 16.9. The van der Waals surface area contributed by atoms with Gasteiger partial charge >= 0.3 is 0 Å². The van der Waals surface area contributed by atoms with Crippen molar-refractivity contribution >= 4 is 17.3 Å². The first-order valence-corrected chi connectivity index (χ1v) is 8.01. The molecule has 6 nitrogen and oxygen atoms in total. The molecule has 6 heteroatoms. The third-order valence-corrected chi connectivity index (χ3v) is 3.93. The molecule has 0 saturated carbocycles. The van der Waals surface area contributed by atoms with Crippen LogP contribution in [0.4, 0.5) is 11.6 Å². The fraction of sp³-hybridized carbons (Fsp3) is 0.278. The first-order chi connectivity index (χ1) is 11.7. The molecule has 2 heterocycles. The molecule has 1 aliphatic rings. The number of hydrogen-bond acceptors (Lipinski definition) is 5. The summed E-state index contributed by atoms with van der Waals surface area (Å²) in [5.74, 6) is 1.66. The molecule has 0 saturated heterocycles. The van der Waals surface area contributed by atoms with Gasteiger partial charge in [0.15, 0.2) is 5.65 Å². The van der Waals surface area contributed by atoms with Crippen LogP contribution >= 0.6 is 0 Å². The number of nitrogens with zero attached hydrogens (tertiary/aromatic N) is 4. The van der Waals surface area contributed by atoms with E-state index in [9.17, 15) is 0 Å². The zero-order valence-electron chi connectivity index (χ0n) is 13.9. The summed E-state index contributed by atoms with van der Waals surface area (Å²) >= 11 is 0. The Morgan fingerprint density at radius 3 is 3.04 bits per heavy atom. The van der Waals surface area contributed by atoms with Crippen molar-refractivity contribution in [2.45, 2.75) is 19.8 Å². The molecule has 122 valence electrons. The van der Waals surface area contributed by atoms with E-state index >= 15 is 0 Å². The van der Waals surface area contributed by atoms with Gasteiger partial charge in [0.05, 0.1) is 12.3 Å². The van der Waals surface area contributed by atoms with Crippen LogP contribution in [0.1, 0.15) is 18.9 Å². The second-order valence-corrected chi connectivity index (χ2v) is 5.52. The van der Waals surface area contributed by atoms with Crippen LogP contribution < -0.4 is 10.6 Å². The monoisotopic (exact) mass is 320 g/mol. The van der Waals surface area contributed by atoms with E-state index in [1.807, 2.05) is 42.1 Å². The van der Waals surface area contributed by atoms with E-state index in [1.165, 1.54) is 0 Å². The predicted molar refractivity (Wildman–Crippen MR) is 95.9 cm³/mol. The summed E-state index contributed by atoms with van der Waals surface area (Å²) in [4.78, 5) is 4.59. The van der Waals surface area contributed by atoms with E-state index in [0.29, 0.717) is 12.1 Å². The highest BCUT2D eigenvalue weighted by Crippen LogP contribution is 2.20. The molecule has 0 spiro atoms. The van der Waals surface area contributed by atoms with Crippen LogP contribution in [0.3, 0.4) is 0 Å². The van der Waals surface area contributed by atoms with E-state index in [-0.39, 0.29) is 0 Å². The van der Waals surface area contributed by atoms with E-state index in [1.54, 1.807) is 0 Å². The molecular formula is C18H20N6. The number of aromatic nitrogens is 3. The van der Waals surface area contributed by atoms with Crippen molar-refractivity contribution in [2.75, 3.05) is 24.2 Å². The number of allylic oxidation sites excluding steroid dienone is 4. The van der Waals surface area contributed by atoms with Crippen LogP contribution in [-0.2, 0) is 6.42 Å². The Hall–Kier alpha value is -3.07. The highest BCUT2D eigenvalue weighted by atomic mass is 15.3. The summed E-state index contributed by atoms with van der Waals surface area (Å²) < 4.78 is 1.82. The molecule has 1 aliphatic carbocycles. The van der Waals surface area contributed by atoms with Gasteiger partial charge < -0.3 is 10.6 Å². The Balaban J connectivity index is 1.90. The molecule has 2 aromatic heterocycles. The Morgan fingerprint density at radius 2 is 2.29 bits per heavy atom. The van der Waals surface area contributed by atoms with Crippen molar-refractivity contribution in [3.8, 4) is 6.07 Å². The number of nitriles is 1. The fourth-order valence-corrected chi connectivity index (χ4v) is 2.61. The number of aryl methyl sites for hydroxylation is 1. The van der Waals surface area contributed by atoms with Gasteiger partial charge in [-0.2, -0.15) is 14.9 Å². The molecule has 2 aromatic rings. The standard InChI is InChI=1S/C18H20N6/c1-3-15-12-22-24-17(9-16(20-2)23-18(15)24)21-11-14-7-5-4-6-13(8-14)10-19/h5-9,12,21H,3-4,11H2,1-2H3,(H,20,23). The van der Waals surface area contributed by atoms with Crippen molar-refractivity contribution in [1.29, 1.82) is 5.26 Å². The largest absolute Gasteiger partial charge is 0.373 e. The molecule has 0 atom stereocenters. The maximum Gasteiger partial charge on any atom is 0.162 e. The molecule has 0 unspecified atom stereocenters. The second kappa shape index (κ2) is 7.01. The van der Waals surface area contributed by atoms with Crippen molar-refractivity contribution in [1.82, 2.24) is 14.6 Å². The molecule has 0 fully saturated rings. The van der Waals surface area contributed by atoms with Crippen LogP contribution in [0, 0.1) is 11.3 Å². The first kappa shape index (κ1) is 15.8.